The average molecular weight is 419 g/mol. The second-order valence-electron chi connectivity index (χ2n) is 7.47. The molecule has 0 saturated heterocycles. The van der Waals surface area contributed by atoms with E-state index in [2.05, 4.69) is 0 Å². The summed E-state index contributed by atoms with van der Waals surface area (Å²) >= 11 is 0. The van der Waals surface area contributed by atoms with Crippen LogP contribution in [0.3, 0.4) is 0 Å². The molecular formula is C21H29N3O6. The second kappa shape index (κ2) is 10.00. The van der Waals surface area contributed by atoms with E-state index in [-0.39, 0.29) is 29.7 Å². The minimum absolute atomic E-state index is 0.0998. The number of aromatic nitrogens is 1. The fourth-order valence-electron chi connectivity index (χ4n) is 3.05. The number of carboxylic acid groups (broad SMARTS) is 1. The lowest BCUT2D eigenvalue weighted by Crippen LogP contribution is -2.34. The average Bonchev–Trinajstić information content (AvgIpc) is 2.68. The highest BCUT2D eigenvalue weighted by atomic mass is 16.5. The van der Waals surface area contributed by atoms with Crippen molar-refractivity contribution in [3.63, 3.8) is 0 Å². The van der Waals surface area contributed by atoms with Crippen LogP contribution >= 0.6 is 0 Å². The van der Waals surface area contributed by atoms with Gasteiger partial charge in [-0.3, -0.25) is 19.1 Å². The number of hydrogen-bond acceptors (Lipinski definition) is 5. The van der Waals surface area contributed by atoms with E-state index in [1.807, 2.05) is 20.8 Å². The van der Waals surface area contributed by atoms with Crippen molar-refractivity contribution >= 4 is 28.6 Å². The number of nitrogens with zero attached hydrogens (tertiary/aromatic N) is 2. The molecule has 164 valence electrons. The molecule has 0 fully saturated rings. The van der Waals surface area contributed by atoms with Crippen molar-refractivity contribution in [1.82, 2.24) is 4.57 Å². The highest BCUT2D eigenvalue weighted by Gasteiger charge is 2.25. The van der Waals surface area contributed by atoms with Gasteiger partial charge in [0.05, 0.1) is 12.0 Å². The van der Waals surface area contributed by atoms with Crippen LogP contribution in [-0.2, 0) is 11.3 Å². The first-order valence-corrected chi connectivity index (χ1v) is 9.88. The molecule has 0 spiro atoms. The zero-order valence-electron chi connectivity index (χ0n) is 17.8. The number of nitrogens with two attached hydrogens (primary N) is 1. The maximum absolute atomic E-state index is 13.2. The van der Waals surface area contributed by atoms with Crippen LogP contribution in [0.5, 0.6) is 11.5 Å². The van der Waals surface area contributed by atoms with Gasteiger partial charge >= 0.3 is 6.09 Å². The van der Waals surface area contributed by atoms with Gasteiger partial charge in [0.2, 0.25) is 0 Å². The summed E-state index contributed by atoms with van der Waals surface area (Å²) in [6.07, 6.45) is 0.437. The Morgan fingerprint density at radius 1 is 1.23 bits per heavy atom. The third kappa shape index (κ3) is 5.22. The molecule has 1 heterocycles. The molecule has 1 aromatic heterocycles. The van der Waals surface area contributed by atoms with Gasteiger partial charge < -0.3 is 20.3 Å². The molecule has 0 aliphatic carbocycles. The number of ether oxygens (including phenoxy) is 2. The largest absolute Gasteiger partial charge is 0.489 e. The monoisotopic (exact) mass is 419 g/mol. The fraction of sp³-hybridized carbons (Fsp3) is 0.476. The van der Waals surface area contributed by atoms with Crippen LogP contribution in [0, 0.1) is 5.92 Å². The fourth-order valence-corrected chi connectivity index (χ4v) is 3.05. The lowest BCUT2D eigenvalue weighted by atomic mass is 10.1. The van der Waals surface area contributed by atoms with E-state index in [0.717, 1.165) is 17.7 Å². The summed E-state index contributed by atoms with van der Waals surface area (Å²) in [6.45, 7) is 6.27. The van der Waals surface area contributed by atoms with Crippen molar-refractivity contribution in [3.05, 3.63) is 28.6 Å². The van der Waals surface area contributed by atoms with Crippen LogP contribution in [0.25, 0.3) is 10.8 Å². The Hall–Kier alpha value is -3.23. The van der Waals surface area contributed by atoms with E-state index >= 15 is 0 Å². The number of rotatable bonds is 10. The van der Waals surface area contributed by atoms with Crippen molar-refractivity contribution in [3.8, 4) is 11.5 Å². The van der Waals surface area contributed by atoms with E-state index in [4.69, 9.17) is 15.2 Å². The van der Waals surface area contributed by atoms with E-state index in [1.165, 1.54) is 11.6 Å². The minimum Gasteiger partial charge on any atom is -0.489 e. The van der Waals surface area contributed by atoms with E-state index < -0.39 is 12.0 Å². The van der Waals surface area contributed by atoms with Gasteiger partial charge in [-0.25, -0.2) is 4.79 Å². The smallest absolute Gasteiger partial charge is 0.412 e. The van der Waals surface area contributed by atoms with Crippen LogP contribution in [0.1, 0.15) is 33.6 Å². The topological polar surface area (TPSA) is 124 Å². The molecule has 0 aliphatic rings. The number of unbranched alkanes of at least 4 members (excludes halogenated alkanes) is 1. The van der Waals surface area contributed by atoms with Gasteiger partial charge in [0.25, 0.3) is 11.5 Å². The molecule has 2 aromatic rings. The maximum atomic E-state index is 13.2. The third-order valence-corrected chi connectivity index (χ3v) is 4.45. The van der Waals surface area contributed by atoms with Crippen molar-refractivity contribution in [2.75, 3.05) is 25.2 Å². The molecule has 3 N–H and O–H groups in total. The van der Waals surface area contributed by atoms with Crippen LogP contribution < -0.4 is 25.7 Å². The summed E-state index contributed by atoms with van der Waals surface area (Å²) in [7, 11) is 1.37. The third-order valence-electron chi connectivity index (χ3n) is 4.45. The van der Waals surface area contributed by atoms with Crippen molar-refractivity contribution in [2.45, 2.75) is 40.2 Å². The normalized spacial score (nSPS) is 11.0. The van der Waals surface area contributed by atoms with Crippen LogP contribution in [0.15, 0.2) is 23.0 Å². The molecule has 2 amide bonds. The Kier molecular flexibility index (Phi) is 7.68. The zero-order valence-corrected chi connectivity index (χ0v) is 17.8. The number of benzene rings is 1. The van der Waals surface area contributed by atoms with Gasteiger partial charge in [-0.2, -0.15) is 0 Å². The molecule has 0 aliphatic heterocycles. The Morgan fingerprint density at radius 3 is 2.50 bits per heavy atom. The summed E-state index contributed by atoms with van der Waals surface area (Å²) in [5.74, 6) is 0.243. The van der Waals surface area contributed by atoms with Gasteiger partial charge in [0.15, 0.2) is 18.2 Å². The first-order chi connectivity index (χ1) is 14.2. The van der Waals surface area contributed by atoms with Gasteiger partial charge in [-0.1, -0.05) is 27.2 Å². The zero-order chi connectivity index (χ0) is 22.4. The molecule has 30 heavy (non-hydrogen) atoms. The summed E-state index contributed by atoms with van der Waals surface area (Å²) in [6, 6.07) is 4.73. The molecule has 0 bridgehead atoms. The summed E-state index contributed by atoms with van der Waals surface area (Å²) < 4.78 is 12.8. The Bertz CT molecular complexity index is 983. The first kappa shape index (κ1) is 23.1. The number of amides is 2. The molecule has 0 unspecified atom stereocenters. The van der Waals surface area contributed by atoms with Crippen LogP contribution in [0.2, 0.25) is 0 Å². The lowest BCUT2D eigenvalue weighted by molar-refractivity contribution is -0.119. The number of primary amides is 1. The van der Waals surface area contributed by atoms with Gasteiger partial charge in [-0.05, 0) is 30.5 Å². The predicted molar refractivity (Wildman–Crippen MR) is 115 cm³/mol. The quantitative estimate of drug-likeness (QED) is 0.571. The number of pyridine rings is 1. The van der Waals surface area contributed by atoms with Gasteiger partial charge in [0.1, 0.15) is 5.75 Å². The van der Waals surface area contributed by atoms with E-state index in [9.17, 15) is 19.5 Å². The molecule has 9 nitrogen and oxygen atoms in total. The molecule has 0 radical (unpaired) electrons. The Balaban J connectivity index is 2.81. The Morgan fingerprint density at radius 2 is 1.93 bits per heavy atom. The number of anilines is 1. The summed E-state index contributed by atoms with van der Waals surface area (Å²) in [4.78, 5) is 37.1. The second-order valence-corrected chi connectivity index (χ2v) is 7.47. The number of carbonyl (C=O) groups is 2. The predicted octanol–water partition coefficient (Wildman–Crippen LogP) is 2.81. The highest BCUT2D eigenvalue weighted by molar-refractivity contribution is 5.97. The first-order valence-electron chi connectivity index (χ1n) is 9.88. The summed E-state index contributed by atoms with van der Waals surface area (Å²) in [5.41, 5.74) is 4.81. The van der Waals surface area contributed by atoms with Crippen LogP contribution in [0.4, 0.5) is 10.6 Å². The molecule has 9 heteroatoms. The van der Waals surface area contributed by atoms with Gasteiger partial charge in [0, 0.05) is 19.0 Å². The number of carbonyl (C=O) groups excluding carboxylic acids is 1. The molecule has 1 aromatic carbocycles. The minimum atomic E-state index is -1.22. The number of hydrogen-bond donors (Lipinski definition) is 2. The van der Waals surface area contributed by atoms with Gasteiger partial charge in [-0.15, -0.1) is 0 Å². The van der Waals surface area contributed by atoms with Crippen LogP contribution in [-0.4, -0.2) is 41.9 Å². The molecule has 0 atom stereocenters. The highest BCUT2D eigenvalue weighted by Crippen LogP contribution is 2.36. The van der Waals surface area contributed by atoms with Crippen molar-refractivity contribution in [1.29, 1.82) is 0 Å². The Labute approximate surface area is 175 Å². The molecular weight excluding hydrogens is 390 g/mol. The molecule has 0 saturated carbocycles. The van der Waals surface area contributed by atoms with Crippen molar-refractivity contribution < 1.29 is 24.2 Å². The van der Waals surface area contributed by atoms with E-state index in [1.54, 1.807) is 18.2 Å². The van der Waals surface area contributed by atoms with E-state index in [0.29, 0.717) is 29.7 Å². The standard InChI is InChI=1S/C21H29N3O6/c1-5-6-9-29-18-16-10-14(30-12-17(22)25)7-8-15(16)20(26)24(11-13(2)3)19(18)23(4)21(27)28/h7-8,10,13H,5-6,9,11-12H2,1-4H3,(H2,22,25)(H,27,28). The van der Waals surface area contributed by atoms with Crippen molar-refractivity contribution in [2.24, 2.45) is 11.7 Å². The SMILES string of the molecule is CCCCOc1c(N(C)C(=O)O)n(CC(C)C)c(=O)c2ccc(OCC(N)=O)cc12. The summed E-state index contributed by atoms with van der Waals surface area (Å²) in [5, 5.41) is 10.4. The lowest BCUT2D eigenvalue weighted by Gasteiger charge is -2.25. The number of fused-ring (bicyclic) bond motifs is 1. The molecule has 2 rings (SSSR count). The maximum Gasteiger partial charge on any atom is 0.412 e.